The second-order valence-electron chi connectivity index (χ2n) is 15.9. The van der Waals surface area contributed by atoms with E-state index >= 15 is 0 Å². The monoisotopic (exact) mass is 757 g/mol. The first-order valence-corrected chi connectivity index (χ1v) is 21.1. The van der Waals surface area contributed by atoms with E-state index in [2.05, 4.69) is 231 Å². The van der Waals surface area contributed by atoms with Gasteiger partial charge in [-0.25, -0.2) is 0 Å². The number of nitrogens with zero attached hydrogens (tertiary/aromatic N) is 1. The van der Waals surface area contributed by atoms with Crippen LogP contribution in [-0.4, -0.2) is 0 Å². The summed E-state index contributed by atoms with van der Waals surface area (Å²) in [7, 11) is 0. The maximum Gasteiger partial charge on any atom is 0.0465 e. The second kappa shape index (κ2) is 15.4. The Morgan fingerprint density at radius 2 is 1.02 bits per heavy atom. The molecule has 0 unspecified atom stereocenters. The van der Waals surface area contributed by atoms with E-state index in [1.54, 1.807) is 0 Å². The summed E-state index contributed by atoms with van der Waals surface area (Å²) in [5.41, 5.74) is 21.6. The van der Waals surface area contributed by atoms with Crippen molar-refractivity contribution in [3.63, 3.8) is 0 Å². The number of para-hydroxylation sites is 2. The number of hydrogen-bond acceptors (Lipinski definition) is 1. The van der Waals surface area contributed by atoms with Crippen LogP contribution in [0.1, 0.15) is 60.1 Å². The highest BCUT2D eigenvalue weighted by Crippen LogP contribution is 2.54. The van der Waals surface area contributed by atoms with Crippen molar-refractivity contribution in [2.75, 3.05) is 4.90 Å². The van der Waals surface area contributed by atoms with Crippen molar-refractivity contribution < 1.29 is 0 Å². The Hall–Kier alpha value is -6.96. The molecule has 284 valence electrons. The van der Waals surface area contributed by atoms with Gasteiger partial charge in [-0.05, 0) is 140 Å². The topological polar surface area (TPSA) is 3.24 Å². The maximum atomic E-state index is 2.46. The van der Waals surface area contributed by atoms with Gasteiger partial charge in [-0.2, -0.15) is 0 Å². The van der Waals surface area contributed by atoms with Crippen LogP contribution in [0.15, 0.2) is 194 Å². The molecule has 0 spiro atoms. The molecular weight excluding hydrogens is 711 g/mol. The first-order chi connectivity index (χ1) is 29.1. The maximum absolute atomic E-state index is 2.46. The van der Waals surface area contributed by atoms with Crippen LogP contribution in [0.4, 0.5) is 17.1 Å². The highest BCUT2D eigenvalue weighted by atomic mass is 15.1. The number of rotatable bonds is 10. The van der Waals surface area contributed by atoms with Crippen LogP contribution in [0, 0.1) is 0 Å². The molecule has 10 rings (SSSR count). The molecule has 2 aliphatic rings. The minimum Gasteiger partial charge on any atom is -0.310 e. The Bertz CT molecular complexity index is 2800. The summed E-state index contributed by atoms with van der Waals surface area (Å²) in [6.07, 6.45) is 12.1. The van der Waals surface area contributed by atoms with Gasteiger partial charge < -0.3 is 4.90 Å². The van der Waals surface area contributed by atoms with Gasteiger partial charge in [-0.3, -0.25) is 0 Å². The lowest BCUT2D eigenvalue weighted by Crippen LogP contribution is -2.23. The van der Waals surface area contributed by atoms with E-state index in [-0.39, 0.29) is 5.41 Å². The van der Waals surface area contributed by atoms with Gasteiger partial charge >= 0.3 is 0 Å². The molecule has 0 saturated carbocycles. The molecule has 8 aromatic carbocycles. The van der Waals surface area contributed by atoms with Gasteiger partial charge in [-0.1, -0.05) is 184 Å². The van der Waals surface area contributed by atoms with Crippen LogP contribution >= 0.6 is 0 Å². The van der Waals surface area contributed by atoms with Crippen molar-refractivity contribution in [2.45, 2.75) is 38.5 Å². The Kier molecular flexibility index (Phi) is 9.51. The molecule has 0 saturated heterocycles. The third-order valence-electron chi connectivity index (χ3n) is 12.8. The fourth-order valence-corrected chi connectivity index (χ4v) is 9.59. The summed E-state index contributed by atoms with van der Waals surface area (Å²) in [5, 5.41) is 0. The van der Waals surface area contributed by atoms with E-state index in [0.717, 1.165) is 30.6 Å². The van der Waals surface area contributed by atoms with Crippen LogP contribution in [0.5, 0.6) is 0 Å². The van der Waals surface area contributed by atoms with Gasteiger partial charge in [0.15, 0.2) is 0 Å². The van der Waals surface area contributed by atoms with E-state index in [1.165, 1.54) is 83.6 Å². The van der Waals surface area contributed by atoms with Gasteiger partial charge in [0.25, 0.3) is 0 Å². The summed E-state index contributed by atoms with van der Waals surface area (Å²) in [4.78, 5) is 2.38. The number of fused-ring (bicyclic) bond motifs is 4. The minimum atomic E-state index is -0.0612. The third kappa shape index (κ3) is 6.63. The molecule has 0 heterocycles. The first-order valence-electron chi connectivity index (χ1n) is 21.1. The Morgan fingerprint density at radius 1 is 0.441 bits per heavy atom. The van der Waals surface area contributed by atoms with Crippen LogP contribution < -0.4 is 4.90 Å². The molecule has 0 fully saturated rings. The SMILES string of the molecule is CCC1(CC)c2cc(C=Cc3ccc(-c4ccc(-c5ccccc5)cc4-c4ccc5c(c4)CC=C5)cc3)ccc2-c2ccc(N(c3ccccc3)c3ccccc3)cc21. The highest BCUT2D eigenvalue weighted by molar-refractivity contribution is 5.90. The van der Waals surface area contributed by atoms with Crippen LogP contribution in [0.2, 0.25) is 0 Å². The molecule has 0 radical (unpaired) electrons. The van der Waals surface area contributed by atoms with Crippen LogP contribution in [0.25, 0.3) is 62.7 Å². The van der Waals surface area contributed by atoms with Gasteiger partial charge in [0, 0.05) is 22.5 Å². The fourth-order valence-electron chi connectivity index (χ4n) is 9.59. The predicted octanol–water partition coefficient (Wildman–Crippen LogP) is 16.0. The summed E-state index contributed by atoms with van der Waals surface area (Å²) in [6, 6.07) is 69.3. The molecule has 0 bridgehead atoms. The second-order valence-corrected chi connectivity index (χ2v) is 15.9. The molecule has 1 nitrogen and oxygen atoms in total. The predicted molar refractivity (Wildman–Crippen MR) is 252 cm³/mol. The minimum absolute atomic E-state index is 0.0612. The number of allylic oxidation sites excluding steroid dienone is 1. The molecule has 59 heavy (non-hydrogen) atoms. The van der Waals surface area contributed by atoms with Crippen LogP contribution in [0.3, 0.4) is 0 Å². The molecule has 1 heteroatoms. The lowest BCUT2D eigenvalue weighted by atomic mass is 9.73. The summed E-state index contributed by atoms with van der Waals surface area (Å²) >= 11 is 0. The Labute approximate surface area is 349 Å². The van der Waals surface area contributed by atoms with E-state index in [0.29, 0.717) is 0 Å². The van der Waals surface area contributed by atoms with Crippen molar-refractivity contribution in [2.24, 2.45) is 0 Å². The standard InChI is InChI=1S/C58H47N/c1-3-58(4-2)56-37-42(27-34-53(56)54-36-33-51(40-57(54)58)59(49-19-10-6-11-20-49)50-21-12-7-13-22-50)24-23-41-25-28-45(29-26-41)52-35-32-47(43-15-8-5-9-16-43)39-55(52)48-31-30-44-17-14-18-46(44)38-48/h5-17,19-40H,3-4,18H2,1-2H3. The first kappa shape index (κ1) is 36.4. The Balaban J connectivity index is 0.956. The van der Waals surface area contributed by atoms with E-state index < -0.39 is 0 Å². The molecular formula is C58H47N. The average molecular weight is 758 g/mol. The summed E-state index contributed by atoms with van der Waals surface area (Å²) < 4.78 is 0. The van der Waals surface area contributed by atoms with Gasteiger partial charge in [0.1, 0.15) is 0 Å². The molecule has 2 aliphatic carbocycles. The zero-order chi connectivity index (χ0) is 39.8. The van der Waals surface area contributed by atoms with Gasteiger partial charge in [0.05, 0.1) is 0 Å². The zero-order valence-corrected chi connectivity index (χ0v) is 33.8. The highest BCUT2D eigenvalue weighted by Gasteiger charge is 2.41. The average Bonchev–Trinajstić information content (AvgIpc) is 3.89. The van der Waals surface area contributed by atoms with Crippen molar-refractivity contribution in [1.82, 2.24) is 0 Å². The largest absolute Gasteiger partial charge is 0.310 e. The number of hydrogen-bond donors (Lipinski definition) is 0. The van der Waals surface area contributed by atoms with E-state index in [9.17, 15) is 0 Å². The van der Waals surface area contributed by atoms with E-state index in [4.69, 9.17) is 0 Å². The number of benzene rings is 8. The van der Waals surface area contributed by atoms with Crippen molar-refractivity contribution in [3.8, 4) is 44.5 Å². The fraction of sp³-hybridized carbons (Fsp3) is 0.103. The Morgan fingerprint density at radius 3 is 1.71 bits per heavy atom. The van der Waals surface area contributed by atoms with Gasteiger partial charge in [-0.15, -0.1) is 0 Å². The molecule has 0 atom stereocenters. The van der Waals surface area contributed by atoms with Crippen LogP contribution in [-0.2, 0) is 11.8 Å². The number of anilines is 3. The van der Waals surface area contributed by atoms with Crippen molar-refractivity contribution in [3.05, 3.63) is 228 Å². The zero-order valence-electron chi connectivity index (χ0n) is 33.8. The molecule has 0 N–H and O–H groups in total. The lowest BCUT2D eigenvalue weighted by molar-refractivity contribution is 0.490. The summed E-state index contributed by atoms with van der Waals surface area (Å²) in [6.45, 7) is 4.71. The molecule has 0 aliphatic heterocycles. The summed E-state index contributed by atoms with van der Waals surface area (Å²) in [5.74, 6) is 0. The van der Waals surface area contributed by atoms with E-state index in [1.807, 2.05) is 0 Å². The van der Waals surface area contributed by atoms with Crippen molar-refractivity contribution >= 4 is 35.3 Å². The normalized spacial score (nSPS) is 13.3. The quantitative estimate of drug-likeness (QED) is 0.126. The van der Waals surface area contributed by atoms with Crippen molar-refractivity contribution in [1.29, 1.82) is 0 Å². The lowest BCUT2D eigenvalue weighted by Gasteiger charge is -2.32. The third-order valence-corrected chi connectivity index (χ3v) is 12.8. The molecule has 0 aromatic heterocycles. The molecule has 8 aromatic rings. The molecule has 0 amide bonds. The smallest absolute Gasteiger partial charge is 0.0465 e. The van der Waals surface area contributed by atoms with Gasteiger partial charge in [0.2, 0.25) is 0 Å².